The van der Waals surface area contributed by atoms with E-state index < -0.39 is 17.8 Å². The van der Waals surface area contributed by atoms with Gasteiger partial charge in [-0.1, -0.05) is 31.5 Å². The number of nitrogens with zero attached hydrogens (tertiary/aromatic N) is 2. The summed E-state index contributed by atoms with van der Waals surface area (Å²) in [6.45, 7) is 2.60. The number of hydrogen-bond donors (Lipinski definition) is 0. The van der Waals surface area contributed by atoms with E-state index in [2.05, 4.69) is 0 Å². The molecule has 0 aliphatic heterocycles. The molecule has 0 bridgehead atoms. The SMILES string of the molecule is CCCCN(C)C(C#N)c1ccccc1C(F)(F)F. The molecule has 0 aliphatic carbocycles. The number of hydrogen-bond acceptors (Lipinski definition) is 2. The Hall–Kier alpha value is -1.54. The van der Waals surface area contributed by atoms with E-state index in [0.29, 0.717) is 6.54 Å². The van der Waals surface area contributed by atoms with Crippen LogP contribution in [-0.4, -0.2) is 18.5 Å². The second kappa shape index (κ2) is 6.58. The predicted octanol–water partition coefficient (Wildman–Crippen LogP) is 4.00. The van der Waals surface area contributed by atoms with Crippen LogP contribution in [0.5, 0.6) is 0 Å². The first kappa shape index (κ1) is 15.5. The van der Waals surface area contributed by atoms with Crippen LogP contribution in [0, 0.1) is 11.3 Å². The maximum atomic E-state index is 12.9. The van der Waals surface area contributed by atoms with E-state index in [0.717, 1.165) is 18.9 Å². The summed E-state index contributed by atoms with van der Waals surface area (Å²) in [5.41, 5.74) is -0.707. The predicted molar refractivity (Wildman–Crippen MR) is 67.3 cm³/mol. The van der Waals surface area contributed by atoms with Gasteiger partial charge >= 0.3 is 6.18 Å². The number of alkyl halides is 3. The molecule has 1 unspecified atom stereocenters. The van der Waals surface area contributed by atoms with E-state index in [1.807, 2.05) is 13.0 Å². The summed E-state index contributed by atoms with van der Waals surface area (Å²) in [7, 11) is 1.68. The molecule has 0 N–H and O–H groups in total. The van der Waals surface area contributed by atoms with Crippen LogP contribution in [0.2, 0.25) is 0 Å². The molecular formula is C14H17F3N2. The molecule has 19 heavy (non-hydrogen) atoms. The Morgan fingerprint density at radius 3 is 2.47 bits per heavy atom. The standard InChI is InChI=1S/C14H17F3N2/c1-3-4-9-19(2)13(10-18)11-7-5-6-8-12(11)14(15,16)17/h5-8,13H,3-4,9H2,1-2H3. The Bertz CT molecular complexity index is 449. The largest absolute Gasteiger partial charge is 0.416 e. The Balaban J connectivity index is 3.09. The Kier molecular flexibility index (Phi) is 5.37. The minimum absolute atomic E-state index is 0.0242. The topological polar surface area (TPSA) is 27.0 Å². The zero-order chi connectivity index (χ0) is 14.5. The summed E-state index contributed by atoms with van der Waals surface area (Å²) in [5, 5.41) is 9.18. The van der Waals surface area contributed by atoms with Crippen molar-refractivity contribution in [1.82, 2.24) is 4.90 Å². The van der Waals surface area contributed by atoms with E-state index in [-0.39, 0.29) is 5.56 Å². The first-order valence-corrected chi connectivity index (χ1v) is 6.17. The van der Waals surface area contributed by atoms with Gasteiger partial charge in [0.1, 0.15) is 6.04 Å². The van der Waals surface area contributed by atoms with Gasteiger partial charge in [-0.15, -0.1) is 0 Å². The molecular weight excluding hydrogens is 253 g/mol. The van der Waals surface area contributed by atoms with Crippen LogP contribution in [0.15, 0.2) is 24.3 Å². The average Bonchev–Trinajstić information content (AvgIpc) is 2.36. The fraction of sp³-hybridized carbons (Fsp3) is 0.500. The van der Waals surface area contributed by atoms with E-state index >= 15 is 0 Å². The summed E-state index contributed by atoms with van der Waals surface area (Å²) in [4.78, 5) is 1.66. The van der Waals surface area contributed by atoms with Crippen LogP contribution in [0.4, 0.5) is 13.2 Å². The van der Waals surface area contributed by atoms with Gasteiger partial charge in [0.25, 0.3) is 0 Å². The van der Waals surface area contributed by atoms with Crippen molar-refractivity contribution < 1.29 is 13.2 Å². The normalized spacial score (nSPS) is 13.3. The van der Waals surface area contributed by atoms with Gasteiger partial charge in [0.2, 0.25) is 0 Å². The number of nitriles is 1. The fourth-order valence-corrected chi connectivity index (χ4v) is 1.94. The number of halogens is 3. The summed E-state index contributed by atoms with van der Waals surface area (Å²) in [6, 6.07) is 6.36. The van der Waals surface area contributed by atoms with Crippen molar-refractivity contribution in [2.24, 2.45) is 0 Å². The maximum absolute atomic E-state index is 12.9. The lowest BCUT2D eigenvalue weighted by Crippen LogP contribution is -2.26. The lowest BCUT2D eigenvalue weighted by molar-refractivity contribution is -0.138. The van der Waals surface area contributed by atoms with Crippen LogP contribution in [0.25, 0.3) is 0 Å². The maximum Gasteiger partial charge on any atom is 0.416 e. The van der Waals surface area contributed by atoms with Crippen molar-refractivity contribution in [3.8, 4) is 6.07 Å². The van der Waals surface area contributed by atoms with Gasteiger partial charge in [0.15, 0.2) is 0 Å². The highest BCUT2D eigenvalue weighted by atomic mass is 19.4. The van der Waals surface area contributed by atoms with Crippen molar-refractivity contribution in [3.63, 3.8) is 0 Å². The third-order valence-electron chi connectivity index (χ3n) is 2.99. The van der Waals surface area contributed by atoms with E-state index in [1.54, 1.807) is 11.9 Å². The van der Waals surface area contributed by atoms with Crippen LogP contribution in [0.3, 0.4) is 0 Å². The molecule has 0 aromatic heterocycles. The van der Waals surface area contributed by atoms with Crippen LogP contribution >= 0.6 is 0 Å². The number of unbranched alkanes of at least 4 members (excludes halogenated alkanes) is 1. The number of benzene rings is 1. The molecule has 1 rings (SSSR count). The Labute approximate surface area is 111 Å². The van der Waals surface area contributed by atoms with E-state index in [9.17, 15) is 18.4 Å². The number of rotatable bonds is 5. The molecule has 0 saturated carbocycles. The smallest absolute Gasteiger partial charge is 0.287 e. The van der Waals surface area contributed by atoms with Gasteiger partial charge in [-0.3, -0.25) is 4.90 Å². The van der Waals surface area contributed by atoms with Crippen molar-refractivity contribution in [1.29, 1.82) is 5.26 Å². The lowest BCUT2D eigenvalue weighted by atomic mass is 9.99. The average molecular weight is 270 g/mol. The summed E-state index contributed by atoms with van der Waals surface area (Å²) in [5.74, 6) is 0. The third kappa shape index (κ3) is 3.97. The molecule has 104 valence electrons. The molecule has 1 atom stereocenters. The molecule has 5 heteroatoms. The molecule has 1 aromatic rings. The molecule has 0 saturated heterocycles. The van der Waals surface area contributed by atoms with Gasteiger partial charge in [-0.2, -0.15) is 18.4 Å². The lowest BCUT2D eigenvalue weighted by Gasteiger charge is -2.25. The van der Waals surface area contributed by atoms with Crippen LogP contribution < -0.4 is 0 Å². The Morgan fingerprint density at radius 2 is 1.95 bits per heavy atom. The highest BCUT2D eigenvalue weighted by Gasteiger charge is 2.35. The molecule has 0 spiro atoms. The molecule has 2 nitrogen and oxygen atoms in total. The first-order valence-electron chi connectivity index (χ1n) is 6.17. The first-order chi connectivity index (χ1) is 8.91. The molecule has 1 aromatic carbocycles. The van der Waals surface area contributed by atoms with Gasteiger partial charge < -0.3 is 0 Å². The molecule has 0 aliphatic rings. The van der Waals surface area contributed by atoms with E-state index in [1.165, 1.54) is 18.2 Å². The monoisotopic (exact) mass is 270 g/mol. The van der Waals surface area contributed by atoms with Gasteiger partial charge in [-0.05, 0) is 31.6 Å². The third-order valence-corrected chi connectivity index (χ3v) is 2.99. The highest BCUT2D eigenvalue weighted by Crippen LogP contribution is 2.35. The second-order valence-corrected chi connectivity index (χ2v) is 4.45. The van der Waals surface area contributed by atoms with Gasteiger partial charge in [-0.25, -0.2) is 0 Å². The van der Waals surface area contributed by atoms with Crippen molar-refractivity contribution >= 4 is 0 Å². The van der Waals surface area contributed by atoms with Crippen LogP contribution in [0.1, 0.15) is 36.9 Å². The summed E-state index contributed by atoms with van der Waals surface area (Å²) < 4.78 is 38.8. The zero-order valence-corrected chi connectivity index (χ0v) is 11.0. The summed E-state index contributed by atoms with van der Waals surface area (Å²) >= 11 is 0. The molecule has 0 amide bonds. The zero-order valence-electron chi connectivity index (χ0n) is 11.0. The minimum Gasteiger partial charge on any atom is -0.287 e. The van der Waals surface area contributed by atoms with E-state index in [4.69, 9.17) is 0 Å². The van der Waals surface area contributed by atoms with Crippen molar-refractivity contribution in [3.05, 3.63) is 35.4 Å². The van der Waals surface area contributed by atoms with Gasteiger partial charge in [0.05, 0.1) is 11.6 Å². The molecule has 0 heterocycles. The quantitative estimate of drug-likeness (QED) is 0.808. The molecule has 0 radical (unpaired) electrons. The fourth-order valence-electron chi connectivity index (χ4n) is 1.94. The van der Waals surface area contributed by atoms with Gasteiger partial charge in [0, 0.05) is 0 Å². The van der Waals surface area contributed by atoms with Crippen LogP contribution in [-0.2, 0) is 6.18 Å². The highest BCUT2D eigenvalue weighted by molar-refractivity contribution is 5.35. The summed E-state index contributed by atoms with van der Waals surface area (Å²) in [6.07, 6.45) is -2.65. The van der Waals surface area contributed by atoms with Crippen molar-refractivity contribution in [2.45, 2.75) is 32.0 Å². The van der Waals surface area contributed by atoms with Crippen molar-refractivity contribution in [2.75, 3.05) is 13.6 Å². The second-order valence-electron chi connectivity index (χ2n) is 4.45. The Morgan fingerprint density at radius 1 is 1.32 bits per heavy atom. The minimum atomic E-state index is -4.43. The molecule has 0 fully saturated rings.